The molecule has 0 bridgehead atoms. The Labute approximate surface area is 163 Å². The van der Waals surface area contributed by atoms with Gasteiger partial charge in [0.1, 0.15) is 11.3 Å². The fourth-order valence-corrected chi connectivity index (χ4v) is 3.51. The molecule has 2 aromatic carbocycles. The van der Waals surface area contributed by atoms with Gasteiger partial charge in [-0.05, 0) is 17.7 Å². The summed E-state index contributed by atoms with van der Waals surface area (Å²) in [5, 5.41) is 10.3. The fraction of sp³-hybridized carbons (Fsp3) is 0.286. The van der Waals surface area contributed by atoms with Gasteiger partial charge in [0.25, 0.3) is 0 Å². The van der Waals surface area contributed by atoms with Crippen LogP contribution >= 0.6 is 0 Å². The lowest BCUT2D eigenvalue weighted by atomic mass is 10.00. The largest absolute Gasteiger partial charge is 0.507 e. The van der Waals surface area contributed by atoms with Crippen molar-refractivity contribution in [3.8, 4) is 16.9 Å². The van der Waals surface area contributed by atoms with Crippen LogP contribution in [0.5, 0.6) is 5.75 Å². The maximum absolute atomic E-state index is 13.8. The summed E-state index contributed by atoms with van der Waals surface area (Å²) in [5.74, 6) is -1.58. The summed E-state index contributed by atoms with van der Waals surface area (Å²) in [7, 11) is 0. The third-order valence-electron chi connectivity index (χ3n) is 4.94. The topological polar surface area (TPSA) is 62.9 Å². The number of hydrogen-bond donors (Lipinski definition) is 1. The molecular formula is C21H18F3NO4. The average Bonchev–Trinajstić information content (AvgIpc) is 2.70. The van der Waals surface area contributed by atoms with Crippen LogP contribution < -0.4 is 5.43 Å². The number of nitrogens with zero attached hydrogens (tertiary/aromatic N) is 1. The van der Waals surface area contributed by atoms with Gasteiger partial charge in [0, 0.05) is 19.6 Å². The van der Waals surface area contributed by atoms with Crippen molar-refractivity contribution < 1.29 is 27.4 Å². The minimum absolute atomic E-state index is 0.00193. The van der Waals surface area contributed by atoms with Gasteiger partial charge in [-0.2, -0.15) is 13.2 Å². The molecule has 1 aliphatic heterocycles. The summed E-state index contributed by atoms with van der Waals surface area (Å²) in [6.45, 7) is 2.25. The van der Waals surface area contributed by atoms with Gasteiger partial charge in [-0.15, -0.1) is 0 Å². The molecular weight excluding hydrogens is 387 g/mol. The number of phenols is 1. The molecule has 0 spiro atoms. The molecule has 0 aliphatic carbocycles. The number of phenolic OH excluding ortho intramolecular Hbond substituents is 1. The summed E-state index contributed by atoms with van der Waals surface area (Å²) in [6.07, 6.45) is -4.87. The minimum Gasteiger partial charge on any atom is -0.507 e. The van der Waals surface area contributed by atoms with Crippen molar-refractivity contribution >= 4 is 11.0 Å². The SMILES string of the molecule is O=c1c(-c2ccccc2)c(C(F)(F)F)oc2c(CN3CCOCC3)c(O)ccc12. The van der Waals surface area contributed by atoms with Gasteiger partial charge in [0.2, 0.25) is 11.2 Å². The highest BCUT2D eigenvalue weighted by Crippen LogP contribution is 2.39. The second-order valence-corrected chi connectivity index (χ2v) is 6.83. The second-order valence-electron chi connectivity index (χ2n) is 6.83. The van der Waals surface area contributed by atoms with E-state index >= 15 is 0 Å². The highest BCUT2D eigenvalue weighted by atomic mass is 19.4. The number of halogens is 3. The van der Waals surface area contributed by atoms with Crippen molar-refractivity contribution in [3.05, 3.63) is 64.0 Å². The lowest BCUT2D eigenvalue weighted by molar-refractivity contribution is -0.152. The quantitative estimate of drug-likeness (QED) is 0.713. The van der Waals surface area contributed by atoms with Gasteiger partial charge in [-0.25, -0.2) is 0 Å². The van der Waals surface area contributed by atoms with Crippen LogP contribution in [0.4, 0.5) is 13.2 Å². The molecule has 29 heavy (non-hydrogen) atoms. The second kappa shape index (κ2) is 7.53. The van der Waals surface area contributed by atoms with E-state index in [1.165, 1.54) is 24.3 Å². The van der Waals surface area contributed by atoms with Gasteiger partial charge in [0.15, 0.2) is 0 Å². The number of morpholine rings is 1. The lowest BCUT2D eigenvalue weighted by Crippen LogP contribution is -2.35. The molecule has 3 aromatic rings. The third-order valence-corrected chi connectivity index (χ3v) is 4.94. The molecule has 152 valence electrons. The average molecular weight is 405 g/mol. The van der Waals surface area contributed by atoms with Crippen LogP contribution in [-0.2, 0) is 17.5 Å². The van der Waals surface area contributed by atoms with Crippen molar-refractivity contribution in [2.45, 2.75) is 12.7 Å². The monoisotopic (exact) mass is 405 g/mol. The predicted molar refractivity (Wildman–Crippen MR) is 101 cm³/mol. The van der Waals surface area contributed by atoms with Gasteiger partial charge in [0.05, 0.1) is 29.7 Å². The predicted octanol–water partition coefficient (Wildman–Crippen LogP) is 4.02. The van der Waals surface area contributed by atoms with E-state index < -0.39 is 22.9 Å². The number of alkyl halides is 3. The van der Waals surface area contributed by atoms with Crippen LogP contribution in [0.1, 0.15) is 11.3 Å². The van der Waals surface area contributed by atoms with E-state index in [-0.39, 0.29) is 34.4 Å². The first kappa shape index (κ1) is 19.5. The number of hydrogen-bond acceptors (Lipinski definition) is 5. The number of aromatic hydroxyl groups is 1. The number of benzene rings is 2. The maximum Gasteiger partial charge on any atom is 0.450 e. The van der Waals surface area contributed by atoms with E-state index in [0.717, 1.165) is 0 Å². The van der Waals surface area contributed by atoms with Crippen molar-refractivity contribution in [1.82, 2.24) is 4.90 Å². The Bertz CT molecular complexity index is 1090. The molecule has 0 atom stereocenters. The van der Waals surface area contributed by atoms with Crippen molar-refractivity contribution in [2.24, 2.45) is 0 Å². The van der Waals surface area contributed by atoms with E-state index in [1.54, 1.807) is 18.2 Å². The summed E-state index contributed by atoms with van der Waals surface area (Å²) in [5.41, 5.74) is -1.28. The summed E-state index contributed by atoms with van der Waals surface area (Å²) in [6, 6.07) is 10.2. The molecule has 1 fully saturated rings. The van der Waals surface area contributed by atoms with E-state index in [0.29, 0.717) is 26.3 Å². The van der Waals surface area contributed by atoms with Crippen molar-refractivity contribution in [1.29, 1.82) is 0 Å². The third kappa shape index (κ3) is 3.73. The van der Waals surface area contributed by atoms with Gasteiger partial charge in [-0.3, -0.25) is 9.69 Å². The highest BCUT2D eigenvalue weighted by Gasteiger charge is 2.39. The van der Waals surface area contributed by atoms with E-state index in [4.69, 9.17) is 9.15 Å². The van der Waals surface area contributed by atoms with Crippen molar-refractivity contribution in [2.75, 3.05) is 26.3 Å². The lowest BCUT2D eigenvalue weighted by Gasteiger charge is -2.27. The van der Waals surface area contributed by atoms with Crippen molar-refractivity contribution in [3.63, 3.8) is 0 Å². The molecule has 0 unspecified atom stereocenters. The Morgan fingerprint density at radius 2 is 1.72 bits per heavy atom. The Morgan fingerprint density at radius 1 is 1.03 bits per heavy atom. The zero-order valence-electron chi connectivity index (χ0n) is 15.3. The molecule has 1 aliphatic rings. The molecule has 0 amide bonds. The number of rotatable bonds is 3. The smallest absolute Gasteiger partial charge is 0.450 e. The van der Waals surface area contributed by atoms with Crippen LogP contribution in [0.15, 0.2) is 51.7 Å². The molecule has 1 aromatic heterocycles. The first-order valence-electron chi connectivity index (χ1n) is 9.10. The van der Waals surface area contributed by atoms with Crippen LogP contribution in [0.3, 0.4) is 0 Å². The molecule has 2 heterocycles. The van der Waals surface area contributed by atoms with Gasteiger partial charge >= 0.3 is 6.18 Å². The standard InChI is InChI=1S/C21H18F3NO4/c22-21(23,24)20-17(13-4-2-1-3-5-13)18(27)14-6-7-16(26)15(19(14)29-20)12-25-8-10-28-11-9-25/h1-7,26H,8-12H2. The molecule has 1 N–H and O–H groups in total. The van der Waals surface area contributed by atoms with Crippen LogP contribution in [0.2, 0.25) is 0 Å². The molecule has 0 saturated carbocycles. The summed E-state index contributed by atoms with van der Waals surface area (Å²) < 4.78 is 52.0. The number of ether oxygens (including phenoxy) is 1. The normalized spacial score (nSPS) is 15.7. The number of fused-ring (bicyclic) bond motifs is 1. The van der Waals surface area contributed by atoms with Gasteiger partial charge < -0.3 is 14.3 Å². The first-order valence-corrected chi connectivity index (χ1v) is 9.10. The van der Waals surface area contributed by atoms with Crippen LogP contribution in [0.25, 0.3) is 22.1 Å². The van der Waals surface area contributed by atoms with E-state index in [9.17, 15) is 23.1 Å². The fourth-order valence-electron chi connectivity index (χ4n) is 3.51. The maximum atomic E-state index is 13.8. The minimum atomic E-state index is -4.87. The zero-order chi connectivity index (χ0) is 20.6. The Kier molecular flexibility index (Phi) is 5.06. The molecule has 8 heteroatoms. The van der Waals surface area contributed by atoms with Crippen LogP contribution in [-0.4, -0.2) is 36.3 Å². The van der Waals surface area contributed by atoms with Gasteiger partial charge in [-0.1, -0.05) is 30.3 Å². The van der Waals surface area contributed by atoms with Crippen LogP contribution in [0, 0.1) is 0 Å². The Morgan fingerprint density at radius 3 is 2.38 bits per heavy atom. The molecule has 5 nitrogen and oxygen atoms in total. The molecule has 4 rings (SSSR count). The van der Waals surface area contributed by atoms with E-state index in [2.05, 4.69) is 0 Å². The summed E-state index contributed by atoms with van der Waals surface area (Å²) >= 11 is 0. The molecule has 1 saturated heterocycles. The summed E-state index contributed by atoms with van der Waals surface area (Å²) in [4.78, 5) is 15.0. The zero-order valence-corrected chi connectivity index (χ0v) is 15.3. The Balaban J connectivity index is 1.97. The molecule has 0 radical (unpaired) electrons. The Hall–Kier alpha value is -2.84. The van der Waals surface area contributed by atoms with E-state index in [1.807, 2.05) is 4.90 Å². The first-order chi connectivity index (χ1) is 13.9. The highest BCUT2D eigenvalue weighted by molar-refractivity contribution is 5.86.